The lowest BCUT2D eigenvalue weighted by Crippen LogP contribution is -2.53. The molecule has 0 spiro atoms. The summed E-state index contributed by atoms with van der Waals surface area (Å²) in [6, 6.07) is 3.79. The van der Waals surface area contributed by atoms with E-state index in [9.17, 15) is 24.7 Å². The zero-order chi connectivity index (χ0) is 28.2. The Labute approximate surface area is 227 Å². The Morgan fingerprint density at radius 3 is 2.34 bits per heavy atom. The van der Waals surface area contributed by atoms with E-state index in [1.54, 1.807) is 18.2 Å². The monoisotopic (exact) mass is 532 g/mol. The normalized spacial score (nSPS) is 18.2. The minimum Gasteiger partial charge on any atom is -0.618 e. The van der Waals surface area contributed by atoms with Crippen molar-refractivity contribution in [1.82, 2.24) is 16.0 Å². The number of rotatable bonds is 14. The number of aliphatic hydroxyl groups is 1. The molecule has 4 N–H and O–H groups in total. The molecule has 214 valence electrons. The summed E-state index contributed by atoms with van der Waals surface area (Å²) in [6.45, 7) is 9.20. The molecular weight excluding hydrogens is 484 g/mol. The number of nitrogens with zero attached hydrogens (tertiary/aromatic N) is 1. The van der Waals surface area contributed by atoms with Gasteiger partial charge in [0.1, 0.15) is 12.6 Å². The third-order valence-corrected chi connectivity index (χ3v) is 7.94. The van der Waals surface area contributed by atoms with Gasteiger partial charge in [-0.3, -0.25) is 14.4 Å². The zero-order valence-electron chi connectivity index (χ0n) is 23.7. The van der Waals surface area contributed by atoms with Crippen LogP contribution in [-0.4, -0.2) is 41.0 Å². The van der Waals surface area contributed by atoms with E-state index in [1.807, 2.05) is 27.7 Å². The highest BCUT2D eigenvalue weighted by molar-refractivity contribution is 5.88. The number of aromatic nitrogens is 1. The van der Waals surface area contributed by atoms with Gasteiger partial charge in [-0.2, -0.15) is 4.73 Å². The van der Waals surface area contributed by atoms with Crippen LogP contribution in [0, 0.1) is 28.9 Å². The summed E-state index contributed by atoms with van der Waals surface area (Å²) in [5, 5.41) is 31.8. The van der Waals surface area contributed by atoms with Gasteiger partial charge in [-0.1, -0.05) is 66.2 Å². The summed E-state index contributed by atoms with van der Waals surface area (Å²) in [4.78, 5) is 38.5. The number of pyridine rings is 1. The van der Waals surface area contributed by atoms with Crippen molar-refractivity contribution in [2.24, 2.45) is 23.7 Å². The highest BCUT2D eigenvalue weighted by atomic mass is 16.5. The first-order valence-electron chi connectivity index (χ1n) is 14.2. The van der Waals surface area contributed by atoms with Crippen LogP contribution in [0.5, 0.6) is 0 Å². The molecular formula is C29H48N4O5. The molecule has 0 radical (unpaired) electrons. The van der Waals surface area contributed by atoms with E-state index in [0.29, 0.717) is 29.2 Å². The summed E-state index contributed by atoms with van der Waals surface area (Å²) in [5.41, 5.74) is 0.403. The molecule has 1 aliphatic carbocycles. The predicted molar refractivity (Wildman–Crippen MR) is 146 cm³/mol. The Bertz CT molecular complexity index is 903. The van der Waals surface area contributed by atoms with E-state index >= 15 is 0 Å². The van der Waals surface area contributed by atoms with Crippen molar-refractivity contribution < 1.29 is 24.2 Å². The van der Waals surface area contributed by atoms with Crippen LogP contribution in [0.15, 0.2) is 24.4 Å². The molecule has 38 heavy (non-hydrogen) atoms. The molecule has 9 heteroatoms. The van der Waals surface area contributed by atoms with E-state index in [1.165, 1.54) is 32.4 Å². The van der Waals surface area contributed by atoms with E-state index in [4.69, 9.17) is 0 Å². The van der Waals surface area contributed by atoms with Crippen molar-refractivity contribution in [3.63, 3.8) is 0 Å². The topological polar surface area (TPSA) is 134 Å². The molecule has 0 aliphatic heterocycles. The van der Waals surface area contributed by atoms with Crippen LogP contribution in [0.4, 0.5) is 0 Å². The average molecular weight is 533 g/mol. The van der Waals surface area contributed by atoms with Gasteiger partial charge < -0.3 is 26.3 Å². The smallest absolute Gasteiger partial charge is 0.243 e. The Morgan fingerprint density at radius 1 is 1.08 bits per heavy atom. The van der Waals surface area contributed by atoms with Gasteiger partial charge in [0.15, 0.2) is 6.20 Å². The fourth-order valence-electron chi connectivity index (χ4n) is 5.31. The molecule has 1 aromatic heterocycles. The minimum atomic E-state index is -0.875. The molecule has 1 aromatic rings. The van der Waals surface area contributed by atoms with Gasteiger partial charge in [0.05, 0.1) is 12.1 Å². The molecule has 0 bridgehead atoms. The van der Waals surface area contributed by atoms with E-state index in [0.717, 1.165) is 12.8 Å². The summed E-state index contributed by atoms with van der Waals surface area (Å²) < 4.78 is 0.701. The van der Waals surface area contributed by atoms with Gasteiger partial charge in [0, 0.05) is 25.0 Å². The maximum absolute atomic E-state index is 13.5. The second-order valence-electron chi connectivity index (χ2n) is 11.3. The molecule has 3 amide bonds. The molecule has 1 unspecified atom stereocenters. The quantitative estimate of drug-likeness (QED) is 0.216. The number of hydrogen-bond donors (Lipinski definition) is 4. The standard InChI is InChI=1S/C29H48N4O5/c1-6-20(4)27(29(37)30-18-23-14-10-11-15-33(23)38)32-28(36)24(19(2)3)17-26(35)25(31-21(5)34)16-22-12-8-7-9-13-22/h10-11,14-15,19-20,22,24-27,35H,6-9,12-13,16-18H2,1-5H3,(H,30,37)(H,31,34)(H,32,36)/t20?,24-,25-,26-,27-/m0/s1. The van der Waals surface area contributed by atoms with Gasteiger partial charge in [-0.25, -0.2) is 0 Å². The lowest BCUT2D eigenvalue weighted by Gasteiger charge is -2.33. The Morgan fingerprint density at radius 2 is 1.76 bits per heavy atom. The zero-order valence-corrected chi connectivity index (χ0v) is 23.7. The molecule has 0 aromatic carbocycles. The number of hydrogen-bond acceptors (Lipinski definition) is 5. The van der Waals surface area contributed by atoms with E-state index in [-0.39, 0.29) is 42.5 Å². The van der Waals surface area contributed by atoms with Crippen LogP contribution in [-0.2, 0) is 20.9 Å². The first-order valence-corrected chi connectivity index (χ1v) is 14.2. The summed E-state index contributed by atoms with van der Waals surface area (Å²) in [7, 11) is 0. The Kier molecular flexibility index (Phi) is 13.0. The predicted octanol–water partition coefficient (Wildman–Crippen LogP) is 2.97. The molecule has 1 fully saturated rings. The van der Waals surface area contributed by atoms with Crippen LogP contribution in [0.3, 0.4) is 0 Å². The maximum atomic E-state index is 13.5. The highest BCUT2D eigenvalue weighted by Crippen LogP contribution is 2.29. The number of carbonyl (C=O) groups is 3. The molecule has 2 rings (SSSR count). The molecule has 5 atom stereocenters. The molecule has 1 saturated carbocycles. The van der Waals surface area contributed by atoms with E-state index < -0.39 is 24.1 Å². The van der Waals surface area contributed by atoms with Crippen LogP contribution >= 0.6 is 0 Å². The van der Waals surface area contributed by atoms with Gasteiger partial charge in [-0.15, -0.1) is 0 Å². The van der Waals surface area contributed by atoms with Crippen molar-refractivity contribution in [1.29, 1.82) is 0 Å². The van der Waals surface area contributed by atoms with Gasteiger partial charge in [0.25, 0.3) is 0 Å². The van der Waals surface area contributed by atoms with Crippen molar-refractivity contribution in [3.8, 4) is 0 Å². The van der Waals surface area contributed by atoms with Gasteiger partial charge >= 0.3 is 0 Å². The third kappa shape index (κ3) is 9.89. The largest absolute Gasteiger partial charge is 0.618 e. The van der Waals surface area contributed by atoms with Crippen LogP contribution in [0.2, 0.25) is 0 Å². The van der Waals surface area contributed by atoms with Crippen LogP contribution in [0.1, 0.15) is 91.7 Å². The van der Waals surface area contributed by atoms with Gasteiger partial charge in [0.2, 0.25) is 23.4 Å². The summed E-state index contributed by atoms with van der Waals surface area (Å²) in [6.07, 6.45) is 7.82. The molecule has 1 aliphatic rings. The highest BCUT2D eigenvalue weighted by Gasteiger charge is 2.34. The summed E-state index contributed by atoms with van der Waals surface area (Å²) >= 11 is 0. The number of amides is 3. The number of carbonyl (C=O) groups excluding carboxylic acids is 3. The van der Waals surface area contributed by atoms with Crippen LogP contribution < -0.4 is 20.7 Å². The van der Waals surface area contributed by atoms with Gasteiger partial charge in [-0.05, 0) is 36.7 Å². The van der Waals surface area contributed by atoms with Crippen molar-refractivity contribution in [3.05, 3.63) is 35.3 Å². The molecule has 1 heterocycles. The van der Waals surface area contributed by atoms with Crippen LogP contribution in [0.25, 0.3) is 0 Å². The minimum absolute atomic E-state index is 0.0534. The second-order valence-corrected chi connectivity index (χ2v) is 11.3. The lowest BCUT2D eigenvalue weighted by molar-refractivity contribution is -0.614. The third-order valence-electron chi connectivity index (χ3n) is 7.94. The number of aliphatic hydroxyl groups excluding tert-OH is 1. The first kappa shape index (κ1) is 31.5. The fourth-order valence-corrected chi connectivity index (χ4v) is 5.31. The summed E-state index contributed by atoms with van der Waals surface area (Å²) in [5.74, 6) is -1.14. The molecule has 9 nitrogen and oxygen atoms in total. The Hall–Kier alpha value is -2.68. The average Bonchev–Trinajstić information content (AvgIpc) is 2.88. The SMILES string of the molecule is CCC(C)[C@H](NC(=O)[C@@H](C[C@H](O)[C@H](CC1CCCCC1)NC(C)=O)C(C)C)C(=O)NCc1cccc[n+]1[O-]. The molecule has 0 saturated heterocycles. The Balaban J connectivity index is 2.09. The second kappa shape index (κ2) is 15.7. The number of nitrogens with one attached hydrogen (secondary N) is 3. The fraction of sp³-hybridized carbons (Fsp3) is 0.724. The van der Waals surface area contributed by atoms with Crippen molar-refractivity contribution in [2.75, 3.05) is 0 Å². The van der Waals surface area contributed by atoms with Crippen molar-refractivity contribution >= 4 is 17.7 Å². The van der Waals surface area contributed by atoms with Crippen molar-refractivity contribution in [2.45, 2.75) is 111 Å². The van der Waals surface area contributed by atoms with E-state index in [2.05, 4.69) is 16.0 Å². The first-order chi connectivity index (χ1) is 18.0. The maximum Gasteiger partial charge on any atom is 0.243 e. The lowest BCUT2D eigenvalue weighted by atomic mass is 9.81.